The van der Waals surface area contributed by atoms with Gasteiger partial charge < -0.3 is 5.11 Å². The van der Waals surface area contributed by atoms with E-state index in [1.807, 2.05) is 11.3 Å². The number of hydrogen-bond acceptors (Lipinski definition) is 8. The Morgan fingerprint density at radius 1 is 0.818 bits per heavy atom. The predicted octanol–water partition coefficient (Wildman–Crippen LogP) is 6.05. The van der Waals surface area contributed by atoms with Crippen LogP contribution in [0.25, 0.3) is 20.9 Å². The highest BCUT2D eigenvalue weighted by molar-refractivity contribution is 7.19. The second-order valence-electron chi connectivity index (χ2n) is 7.47. The van der Waals surface area contributed by atoms with Crippen molar-refractivity contribution in [1.29, 1.82) is 0 Å². The summed E-state index contributed by atoms with van der Waals surface area (Å²) in [5, 5.41) is 44.6. The van der Waals surface area contributed by atoms with Gasteiger partial charge in [0.1, 0.15) is 0 Å². The van der Waals surface area contributed by atoms with Crippen molar-refractivity contribution in [2.45, 2.75) is 25.7 Å². The fraction of sp³-hybridized carbons (Fsp3) is 0.182. The first-order valence-corrected chi connectivity index (χ1v) is 10.8. The number of phenolic OH excluding ortho intramolecular Hbond substituents is 1. The second kappa shape index (κ2) is 8.79. The topological polar surface area (TPSA) is 150 Å². The molecule has 11 heteroatoms. The molecule has 3 aromatic carbocycles. The van der Waals surface area contributed by atoms with Gasteiger partial charge in [0.25, 0.3) is 11.4 Å². The molecule has 0 spiro atoms. The monoisotopic (exact) mass is 467 g/mol. The van der Waals surface area contributed by atoms with Crippen molar-refractivity contribution in [1.82, 2.24) is 0 Å². The van der Waals surface area contributed by atoms with Gasteiger partial charge in [0.15, 0.2) is 0 Å². The first kappa shape index (κ1) is 22.1. The second-order valence-corrected chi connectivity index (χ2v) is 8.61. The Balaban J connectivity index is 0.000000158. The van der Waals surface area contributed by atoms with Gasteiger partial charge in [0.05, 0.1) is 26.9 Å². The van der Waals surface area contributed by atoms with Gasteiger partial charge in [-0.05, 0) is 48.1 Å². The SMILES string of the molecule is O=[N+]([O-])c1cc([N+](=O)[O-])c(O)c([N+](=O)[O-])c1.c1ccc2c(c1)ccc1sc3c(c12)CCCC3. The molecular weight excluding hydrogens is 450 g/mol. The summed E-state index contributed by atoms with van der Waals surface area (Å²) < 4.78 is 1.48. The van der Waals surface area contributed by atoms with E-state index in [2.05, 4.69) is 36.4 Å². The zero-order valence-corrected chi connectivity index (χ0v) is 17.9. The molecule has 0 saturated carbocycles. The number of nitrogens with zero attached hydrogens (tertiary/aromatic N) is 3. The molecule has 0 atom stereocenters. The average Bonchev–Trinajstić information content (AvgIpc) is 3.18. The highest BCUT2D eigenvalue weighted by atomic mass is 32.1. The number of nitro benzene ring substituents is 3. The lowest BCUT2D eigenvalue weighted by Crippen LogP contribution is -1.97. The molecule has 10 nitrogen and oxygen atoms in total. The van der Waals surface area contributed by atoms with Crippen LogP contribution in [0.3, 0.4) is 0 Å². The van der Waals surface area contributed by atoms with Crippen LogP contribution in [-0.2, 0) is 12.8 Å². The van der Waals surface area contributed by atoms with E-state index in [9.17, 15) is 30.3 Å². The van der Waals surface area contributed by atoms with E-state index in [0.717, 1.165) is 0 Å². The normalized spacial score (nSPS) is 12.6. The van der Waals surface area contributed by atoms with Gasteiger partial charge in [-0.2, -0.15) is 0 Å². The third-order valence-corrected chi connectivity index (χ3v) is 6.76. The molecule has 1 heterocycles. The van der Waals surface area contributed by atoms with Crippen LogP contribution in [0.15, 0.2) is 48.5 Å². The highest BCUT2D eigenvalue weighted by Gasteiger charge is 2.30. The third kappa shape index (κ3) is 4.17. The van der Waals surface area contributed by atoms with Gasteiger partial charge in [-0.15, -0.1) is 11.3 Å². The Kier molecular flexibility index (Phi) is 5.88. The number of hydrogen-bond donors (Lipinski definition) is 1. The van der Waals surface area contributed by atoms with Crippen molar-refractivity contribution in [3.8, 4) is 5.75 Å². The Morgan fingerprint density at radius 3 is 2.09 bits per heavy atom. The lowest BCUT2D eigenvalue weighted by atomic mass is 9.94. The summed E-state index contributed by atoms with van der Waals surface area (Å²) in [6.45, 7) is 0. The fourth-order valence-corrected chi connectivity index (χ4v) is 5.32. The lowest BCUT2D eigenvalue weighted by molar-refractivity contribution is -0.404. The van der Waals surface area contributed by atoms with Gasteiger partial charge >= 0.3 is 11.4 Å². The first-order chi connectivity index (χ1) is 15.8. The molecule has 0 saturated heterocycles. The summed E-state index contributed by atoms with van der Waals surface area (Å²) in [7, 11) is 0. The Morgan fingerprint density at radius 2 is 1.45 bits per heavy atom. The number of aryl methyl sites for hydroxylation is 2. The summed E-state index contributed by atoms with van der Waals surface area (Å²) in [5.41, 5.74) is -1.36. The maximum atomic E-state index is 10.4. The molecule has 1 aliphatic rings. The van der Waals surface area contributed by atoms with E-state index in [4.69, 9.17) is 5.11 Å². The van der Waals surface area contributed by atoms with Crippen LogP contribution < -0.4 is 0 Å². The fourth-order valence-electron chi connectivity index (χ4n) is 4.01. The van der Waals surface area contributed by atoms with Crippen LogP contribution in [0, 0.1) is 30.3 Å². The molecule has 5 rings (SSSR count). The van der Waals surface area contributed by atoms with Crippen LogP contribution in [0.4, 0.5) is 17.1 Å². The number of phenols is 1. The van der Waals surface area contributed by atoms with Crippen molar-refractivity contribution in [3.63, 3.8) is 0 Å². The minimum Gasteiger partial charge on any atom is -0.497 e. The summed E-state index contributed by atoms with van der Waals surface area (Å²) in [5.74, 6) is -1.21. The van der Waals surface area contributed by atoms with Crippen LogP contribution in [0.1, 0.15) is 23.3 Å². The summed E-state index contributed by atoms with van der Waals surface area (Å²) in [6.07, 6.45) is 5.31. The van der Waals surface area contributed by atoms with Crippen LogP contribution in [0.5, 0.6) is 5.75 Å². The van der Waals surface area contributed by atoms with Gasteiger partial charge in [-0.3, -0.25) is 30.3 Å². The van der Waals surface area contributed by atoms with Crippen molar-refractivity contribution in [2.75, 3.05) is 0 Å². The molecule has 1 aromatic heterocycles. The van der Waals surface area contributed by atoms with E-state index in [-0.39, 0.29) is 0 Å². The number of benzene rings is 3. The van der Waals surface area contributed by atoms with Gasteiger partial charge in [-0.1, -0.05) is 30.3 Å². The quantitative estimate of drug-likeness (QED) is 0.284. The first-order valence-electron chi connectivity index (χ1n) is 10.00. The molecule has 4 aromatic rings. The minimum atomic E-state index is -1.21. The molecule has 168 valence electrons. The van der Waals surface area contributed by atoms with Gasteiger partial charge in [0, 0.05) is 15.0 Å². The van der Waals surface area contributed by atoms with Crippen LogP contribution in [-0.4, -0.2) is 19.9 Å². The number of aromatic hydroxyl groups is 1. The van der Waals surface area contributed by atoms with E-state index >= 15 is 0 Å². The predicted molar refractivity (Wildman–Crippen MR) is 124 cm³/mol. The van der Waals surface area contributed by atoms with Crippen molar-refractivity contribution < 1.29 is 19.9 Å². The Bertz CT molecular complexity index is 1400. The van der Waals surface area contributed by atoms with Crippen molar-refractivity contribution in [3.05, 3.63) is 89.3 Å². The number of fused-ring (bicyclic) bond motifs is 5. The Labute approximate surface area is 190 Å². The standard InChI is InChI=1S/C16H14S.C6H3N3O7/c1-2-6-12-11(5-1)9-10-15-16(12)13-7-3-4-8-14(13)17-15;10-6-4(8(13)14)1-3(7(11)12)2-5(6)9(15)16/h1-2,5-6,9-10H,3-4,7-8H2;1-2,10H. The van der Waals surface area contributed by atoms with Crippen LogP contribution in [0.2, 0.25) is 0 Å². The van der Waals surface area contributed by atoms with Gasteiger partial charge in [0.2, 0.25) is 0 Å². The molecule has 0 fully saturated rings. The zero-order valence-electron chi connectivity index (χ0n) is 17.1. The smallest absolute Gasteiger partial charge is 0.324 e. The van der Waals surface area contributed by atoms with E-state index in [0.29, 0.717) is 12.1 Å². The van der Waals surface area contributed by atoms with E-state index in [1.54, 1.807) is 15.8 Å². The molecule has 0 amide bonds. The molecule has 33 heavy (non-hydrogen) atoms. The number of non-ortho nitro benzene ring substituents is 1. The number of rotatable bonds is 3. The lowest BCUT2D eigenvalue weighted by Gasteiger charge is -2.11. The molecule has 0 radical (unpaired) electrons. The zero-order chi connectivity index (χ0) is 23.7. The molecular formula is C22H17N3O7S. The van der Waals surface area contributed by atoms with E-state index < -0.39 is 37.6 Å². The maximum absolute atomic E-state index is 10.4. The molecule has 1 N–H and O–H groups in total. The van der Waals surface area contributed by atoms with Gasteiger partial charge in [-0.25, -0.2) is 0 Å². The molecule has 1 aliphatic carbocycles. The average molecular weight is 467 g/mol. The van der Waals surface area contributed by atoms with Crippen molar-refractivity contribution >= 4 is 49.3 Å². The molecule has 0 unspecified atom stereocenters. The Hall–Kier alpha value is -4.12. The third-order valence-electron chi connectivity index (χ3n) is 5.50. The van der Waals surface area contributed by atoms with Crippen LogP contribution >= 0.6 is 11.3 Å². The van der Waals surface area contributed by atoms with Crippen molar-refractivity contribution in [2.24, 2.45) is 0 Å². The highest BCUT2D eigenvalue weighted by Crippen LogP contribution is 2.40. The maximum Gasteiger partial charge on any atom is 0.324 e. The molecule has 0 bridgehead atoms. The summed E-state index contributed by atoms with van der Waals surface area (Å²) in [4.78, 5) is 29.4. The minimum absolute atomic E-state index is 0.447. The summed E-state index contributed by atoms with van der Waals surface area (Å²) in [6, 6.07) is 14.3. The summed E-state index contributed by atoms with van der Waals surface area (Å²) >= 11 is 2.01. The number of nitro groups is 3. The van der Waals surface area contributed by atoms with E-state index in [1.165, 1.54) is 41.2 Å². The largest absolute Gasteiger partial charge is 0.497 e. The molecule has 0 aliphatic heterocycles. The number of thiophene rings is 1.